The van der Waals surface area contributed by atoms with Gasteiger partial charge in [-0.1, -0.05) is 30.3 Å². The molecule has 0 aliphatic heterocycles. The average molecular weight is 356 g/mol. The minimum Gasteiger partial charge on any atom is -0.426 e. The fourth-order valence-corrected chi connectivity index (χ4v) is 3.22. The maximum absolute atomic E-state index is 14.3. The van der Waals surface area contributed by atoms with Crippen LogP contribution >= 0.6 is 0 Å². The van der Waals surface area contributed by atoms with Crippen LogP contribution < -0.4 is 0 Å². The molecule has 1 heterocycles. The van der Waals surface area contributed by atoms with Gasteiger partial charge in [0.1, 0.15) is 5.76 Å². The van der Waals surface area contributed by atoms with Crippen LogP contribution in [-0.2, 0) is 9.53 Å². The van der Waals surface area contributed by atoms with Gasteiger partial charge < -0.3 is 4.74 Å². The summed E-state index contributed by atoms with van der Waals surface area (Å²) in [7, 11) is 0. The molecule has 0 radical (unpaired) electrons. The van der Waals surface area contributed by atoms with Crippen molar-refractivity contribution in [2.24, 2.45) is 0 Å². The molecule has 2 aromatic rings. The zero-order chi connectivity index (χ0) is 18.7. The van der Waals surface area contributed by atoms with Gasteiger partial charge in [-0.05, 0) is 38.7 Å². The van der Waals surface area contributed by atoms with Crippen LogP contribution in [0.5, 0.6) is 0 Å². The number of aromatic nitrogens is 2. The zero-order valence-corrected chi connectivity index (χ0v) is 14.9. The van der Waals surface area contributed by atoms with Gasteiger partial charge >= 0.3 is 5.97 Å². The summed E-state index contributed by atoms with van der Waals surface area (Å²) in [6.45, 7) is 3.29. The molecule has 0 spiro atoms. The number of benzene rings is 1. The van der Waals surface area contributed by atoms with Crippen LogP contribution in [0.25, 0.3) is 0 Å². The predicted molar refractivity (Wildman–Crippen MR) is 94.0 cm³/mol. The summed E-state index contributed by atoms with van der Waals surface area (Å²) < 4.78 is 21.0. The van der Waals surface area contributed by atoms with Gasteiger partial charge in [-0.2, -0.15) is 5.10 Å². The number of nitrogens with zero attached hydrogens (tertiary/aromatic N) is 2. The molecule has 1 atom stereocenters. The fourth-order valence-electron chi connectivity index (χ4n) is 3.22. The highest BCUT2D eigenvalue weighted by Gasteiger charge is 2.27. The van der Waals surface area contributed by atoms with Crippen LogP contribution in [-0.4, -0.2) is 21.5 Å². The molecule has 5 nitrogen and oxygen atoms in total. The van der Waals surface area contributed by atoms with Gasteiger partial charge in [0.2, 0.25) is 0 Å². The van der Waals surface area contributed by atoms with Crippen molar-refractivity contribution in [3.8, 4) is 0 Å². The van der Waals surface area contributed by atoms with E-state index in [1.807, 2.05) is 37.3 Å². The van der Waals surface area contributed by atoms with Crippen molar-refractivity contribution < 1.29 is 18.7 Å². The molecular formula is C20H21FN2O3. The Balaban J connectivity index is 1.91. The van der Waals surface area contributed by atoms with Crippen LogP contribution in [0, 0.1) is 5.82 Å². The summed E-state index contributed by atoms with van der Waals surface area (Å²) in [4.78, 5) is 24.4. The lowest BCUT2D eigenvalue weighted by Crippen LogP contribution is -2.20. The Bertz CT molecular complexity index is 855. The van der Waals surface area contributed by atoms with Gasteiger partial charge in [0, 0.05) is 12.0 Å². The van der Waals surface area contributed by atoms with E-state index in [0.717, 1.165) is 24.6 Å². The van der Waals surface area contributed by atoms with Gasteiger partial charge in [0.25, 0.3) is 0 Å². The third-order valence-electron chi connectivity index (χ3n) is 4.65. The van der Waals surface area contributed by atoms with Crippen LogP contribution in [0.1, 0.15) is 61.6 Å². The molecule has 0 saturated carbocycles. The van der Waals surface area contributed by atoms with E-state index in [-0.39, 0.29) is 17.5 Å². The van der Waals surface area contributed by atoms with Gasteiger partial charge in [-0.25, -0.2) is 13.9 Å². The highest BCUT2D eigenvalue weighted by Crippen LogP contribution is 2.28. The Hall–Kier alpha value is -2.76. The number of rotatable bonds is 5. The first-order valence-corrected chi connectivity index (χ1v) is 8.72. The van der Waals surface area contributed by atoms with Gasteiger partial charge in [0.05, 0.1) is 12.2 Å². The summed E-state index contributed by atoms with van der Waals surface area (Å²) in [5.41, 5.74) is 1.18. The first-order valence-electron chi connectivity index (χ1n) is 8.72. The van der Waals surface area contributed by atoms with Crippen molar-refractivity contribution in [3.63, 3.8) is 0 Å². The lowest BCUT2D eigenvalue weighted by molar-refractivity contribution is -0.114. The number of halogens is 1. The molecule has 6 heteroatoms. The van der Waals surface area contributed by atoms with Gasteiger partial charge in [0.15, 0.2) is 17.3 Å². The number of hydrogen-bond acceptors (Lipinski definition) is 4. The third kappa shape index (κ3) is 3.59. The minimum atomic E-state index is -0.821. The SMILES string of the molecule is CC(=O)C1=C(OC(=O)c2c(F)cnn2[C@H](C)c2ccccc2)CCCC1. The lowest BCUT2D eigenvalue weighted by atomic mass is 9.95. The predicted octanol–water partition coefficient (Wildman–Crippen LogP) is 4.21. The number of esters is 1. The molecule has 1 aliphatic carbocycles. The molecule has 1 aromatic carbocycles. The largest absolute Gasteiger partial charge is 0.426 e. The summed E-state index contributed by atoms with van der Waals surface area (Å²) in [5.74, 6) is -1.32. The van der Waals surface area contributed by atoms with Crippen molar-refractivity contribution in [1.82, 2.24) is 9.78 Å². The van der Waals surface area contributed by atoms with E-state index in [9.17, 15) is 14.0 Å². The van der Waals surface area contributed by atoms with Crippen LogP contribution in [0.15, 0.2) is 47.9 Å². The van der Waals surface area contributed by atoms with E-state index in [1.54, 1.807) is 0 Å². The number of carbonyl (C=O) groups excluding carboxylic acids is 2. The second kappa shape index (κ2) is 7.64. The number of ether oxygens (including phenoxy) is 1. The Morgan fingerprint density at radius 2 is 1.88 bits per heavy atom. The summed E-state index contributed by atoms with van der Waals surface area (Å²) in [6.07, 6.45) is 3.82. The smallest absolute Gasteiger partial charge is 0.364 e. The van der Waals surface area contributed by atoms with E-state index >= 15 is 0 Å². The van der Waals surface area contributed by atoms with E-state index in [4.69, 9.17) is 4.74 Å². The Morgan fingerprint density at radius 3 is 2.58 bits per heavy atom. The van der Waals surface area contributed by atoms with Crippen LogP contribution in [0.3, 0.4) is 0 Å². The van der Waals surface area contributed by atoms with Crippen LogP contribution in [0.2, 0.25) is 0 Å². The minimum absolute atomic E-state index is 0.112. The maximum atomic E-state index is 14.3. The zero-order valence-electron chi connectivity index (χ0n) is 14.9. The van der Waals surface area contributed by atoms with E-state index in [0.29, 0.717) is 24.2 Å². The standard InChI is InChI=1S/C20H21FN2O3/c1-13(15-8-4-3-5-9-15)23-19(17(21)12-22-23)20(25)26-18-11-7-6-10-16(18)14(2)24/h3-5,8-9,12-13H,6-7,10-11H2,1-2H3/t13-/m1/s1. The normalized spacial score (nSPS) is 15.7. The molecule has 26 heavy (non-hydrogen) atoms. The average Bonchev–Trinajstić information content (AvgIpc) is 3.03. The molecular weight excluding hydrogens is 335 g/mol. The molecule has 0 unspecified atom stereocenters. The third-order valence-corrected chi connectivity index (χ3v) is 4.65. The van der Waals surface area contributed by atoms with Crippen molar-refractivity contribution in [3.05, 3.63) is 64.9 Å². The van der Waals surface area contributed by atoms with Crippen molar-refractivity contribution in [2.75, 3.05) is 0 Å². The molecule has 136 valence electrons. The highest BCUT2D eigenvalue weighted by atomic mass is 19.1. The Labute approximate surface area is 151 Å². The number of Topliss-reactive ketones (excluding diaryl/α,β-unsaturated/α-hetero) is 1. The van der Waals surface area contributed by atoms with Crippen molar-refractivity contribution in [1.29, 1.82) is 0 Å². The highest BCUT2D eigenvalue weighted by molar-refractivity contribution is 5.95. The molecule has 0 bridgehead atoms. The molecule has 3 rings (SSSR count). The first-order chi connectivity index (χ1) is 12.5. The van der Waals surface area contributed by atoms with Gasteiger partial charge in [-0.3, -0.25) is 4.79 Å². The van der Waals surface area contributed by atoms with E-state index in [1.165, 1.54) is 11.6 Å². The number of allylic oxidation sites excluding steroid dienone is 2. The monoisotopic (exact) mass is 356 g/mol. The maximum Gasteiger partial charge on any atom is 0.364 e. The first kappa shape index (κ1) is 18.0. The second-order valence-electron chi connectivity index (χ2n) is 6.43. The quantitative estimate of drug-likeness (QED) is 0.753. The topological polar surface area (TPSA) is 61.2 Å². The molecule has 0 saturated heterocycles. The number of hydrogen-bond donors (Lipinski definition) is 0. The molecule has 1 aromatic heterocycles. The summed E-state index contributed by atoms with van der Waals surface area (Å²) >= 11 is 0. The van der Waals surface area contributed by atoms with Gasteiger partial charge in [-0.15, -0.1) is 0 Å². The number of carbonyl (C=O) groups is 2. The molecule has 0 fully saturated rings. The summed E-state index contributed by atoms with van der Waals surface area (Å²) in [6, 6.07) is 9.06. The van der Waals surface area contributed by atoms with Crippen molar-refractivity contribution in [2.45, 2.75) is 45.6 Å². The Morgan fingerprint density at radius 1 is 1.19 bits per heavy atom. The number of ketones is 1. The fraction of sp³-hybridized carbons (Fsp3) is 0.350. The van der Waals surface area contributed by atoms with E-state index in [2.05, 4.69) is 5.10 Å². The molecule has 0 N–H and O–H groups in total. The second-order valence-corrected chi connectivity index (χ2v) is 6.43. The molecule has 0 amide bonds. The Kier molecular flexibility index (Phi) is 5.30. The van der Waals surface area contributed by atoms with Crippen LogP contribution in [0.4, 0.5) is 4.39 Å². The summed E-state index contributed by atoms with van der Waals surface area (Å²) in [5, 5.41) is 4.02. The van der Waals surface area contributed by atoms with Crippen molar-refractivity contribution >= 4 is 11.8 Å². The van der Waals surface area contributed by atoms with E-state index < -0.39 is 11.8 Å². The lowest BCUT2D eigenvalue weighted by Gasteiger charge is -2.19. The molecule has 1 aliphatic rings.